The van der Waals surface area contributed by atoms with Gasteiger partial charge in [-0.05, 0) is 30.5 Å². The Morgan fingerprint density at radius 3 is 2.79 bits per heavy atom. The minimum atomic E-state index is 0.454. The van der Waals surface area contributed by atoms with Crippen LogP contribution in [0.4, 0.5) is 0 Å². The molecule has 1 heteroatoms. The Labute approximate surface area is 85.4 Å². The van der Waals surface area contributed by atoms with Crippen LogP contribution in [0, 0.1) is 6.92 Å². The fourth-order valence-corrected chi connectivity index (χ4v) is 2.15. The molecule has 0 spiro atoms. The summed E-state index contributed by atoms with van der Waals surface area (Å²) < 4.78 is 5.23. The lowest BCUT2D eigenvalue weighted by Crippen LogP contribution is -2.01. The van der Waals surface area contributed by atoms with Crippen molar-refractivity contribution < 1.29 is 4.74 Å². The summed E-state index contributed by atoms with van der Waals surface area (Å²) in [5.74, 6) is 0.454. The molecule has 0 aromatic heterocycles. The maximum atomic E-state index is 5.23. The quantitative estimate of drug-likeness (QED) is 0.692. The molecule has 1 aliphatic carbocycles. The first kappa shape index (κ1) is 9.47. The van der Waals surface area contributed by atoms with E-state index in [2.05, 4.69) is 38.1 Å². The molecule has 0 fully saturated rings. The summed E-state index contributed by atoms with van der Waals surface area (Å²) in [6.07, 6.45) is 2.30. The average molecular weight is 188 g/mol. The number of hydrogen-bond donors (Lipinski definition) is 0. The smallest absolute Gasteiger partial charge is 0.0566 e. The monoisotopic (exact) mass is 188 g/mol. The number of methoxy groups -OCH3 is 1. The van der Waals surface area contributed by atoms with Crippen LogP contribution in [0.2, 0.25) is 0 Å². The molecule has 0 aliphatic heterocycles. The van der Waals surface area contributed by atoms with Gasteiger partial charge in [-0.3, -0.25) is 0 Å². The van der Waals surface area contributed by atoms with Crippen LogP contribution in [0.3, 0.4) is 0 Å². The summed E-state index contributed by atoms with van der Waals surface area (Å²) in [4.78, 5) is 0. The molecule has 1 aliphatic rings. The van der Waals surface area contributed by atoms with Crippen molar-refractivity contribution in [2.24, 2.45) is 0 Å². The Kier molecular flexibility index (Phi) is 2.42. The highest BCUT2D eigenvalue weighted by atomic mass is 16.5. The Balaban J connectivity index is 2.42. The van der Waals surface area contributed by atoms with Gasteiger partial charge in [0, 0.05) is 13.0 Å². The van der Waals surface area contributed by atoms with Gasteiger partial charge in [0.1, 0.15) is 0 Å². The highest BCUT2D eigenvalue weighted by Gasteiger charge is 2.20. The highest BCUT2D eigenvalue weighted by Crippen LogP contribution is 2.36. The zero-order valence-corrected chi connectivity index (χ0v) is 9.00. The van der Waals surface area contributed by atoms with E-state index >= 15 is 0 Å². The van der Waals surface area contributed by atoms with Crippen molar-refractivity contribution in [2.45, 2.75) is 19.8 Å². The number of fused-ring (bicyclic) bond motifs is 1. The van der Waals surface area contributed by atoms with Gasteiger partial charge >= 0.3 is 0 Å². The fraction of sp³-hybridized carbons (Fsp3) is 0.385. The predicted molar refractivity (Wildman–Crippen MR) is 59.4 cm³/mol. The van der Waals surface area contributed by atoms with Gasteiger partial charge in [-0.25, -0.2) is 0 Å². The molecule has 74 valence electrons. The molecular formula is C13H16O. The number of ether oxygens (including phenoxy) is 1. The van der Waals surface area contributed by atoms with E-state index < -0.39 is 0 Å². The first-order valence-corrected chi connectivity index (χ1v) is 5.00. The predicted octanol–water partition coefficient (Wildman–Crippen LogP) is 3.14. The molecule has 1 nitrogen and oxygen atoms in total. The Morgan fingerprint density at radius 1 is 1.29 bits per heavy atom. The van der Waals surface area contributed by atoms with E-state index in [1.54, 1.807) is 7.11 Å². The fourth-order valence-electron chi connectivity index (χ4n) is 2.15. The normalized spacial score (nSPS) is 19.4. The lowest BCUT2D eigenvalue weighted by Gasteiger charge is -2.10. The van der Waals surface area contributed by atoms with Gasteiger partial charge in [-0.2, -0.15) is 0 Å². The molecule has 1 unspecified atom stereocenters. The highest BCUT2D eigenvalue weighted by molar-refractivity contribution is 5.73. The molecular weight excluding hydrogens is 172 g/mol. The first-order chi connectivity index (χ1) is 6.72. The largest absolute Gasteiger partial charge is 0.384 e. The lowest BCUT2D eigenvalue weighted by atomic mass is 9.99. The summed E-state index contributed by atoms with van der Waals surface area (Å²) in [6.45, 7) is 5.09. The number of aryl methyl sites for hydroxylation is 1. The van der Waals surface area contributed by atoms with Crippen LogP contribution >= 0.6 is 0 Å². The van der Waals surface area contributed by atoms with Crippen LogP contribution in [0.1, 0.15) is 29.5 Å². The van der Waals surface area contributed by atoms with E-state index in [9.17, 15) is 0 Å². The molecule has 0 N–H and O–H groups in total. The van der Waals surface area contributed by atoms with Crippen molar-refractivity contribution in [3.05, 3.63) is 41.0 Å². The Morgan fingerprint density at radius 2 is 2.07 bits per heavy atom. The van der Waals surface area contributed by atoms with Crippen molar-refractivity contribution in [2.75, 3.05) is 13.7 Å². The number of benzene rings is 1. The molecule has 0 saturated heterocycles. The van der Waals surface area contributed by atoms with E-state index in [1.165, 1.54) is 22.3 Å². The van der Waals surface area contributed by atoms with Gasteiger partial charge in [0.05, 0.1) is 6.61 Å². The van der Waals surface area contributed by atoms with Crippen LogP contribution in [-0.4, -0.2) is 13.7 Å². The zero-order valence-electron chi connectivity index (χ0n) is 9.00. The van der Waals surface area contributed by atoms with Crippen LogP contribution in [0.25, 0.3) is 5.57 Å². The third kappa shape index (κ3) is 1.48. The maximum Gasteiger partial charge on any atom is 0.0566 e. The average Bonchev–Trinajstić information content (AvgIpc) is 2.44. The topological polar surface area (TPSA) is 9.23 Å². The number of hydrogen-bond acceptors (Lipinski definition) is 1. The maximum absolute atomic E-state index is 5.23. The van der Waals surface area contributed by atoms with Gasteiger partial charge in [0.25, 0.3) is 0 Å². The van der Waals surface area contributed by atoms with Crippen molar-refractivity contribution >= 4 is 5.57 Å². The Hall–Kier alpha value is -1.08. The second kappa shape index (κ2) is 3.58. The molecule has 0 saturated carbocycles. The molecule has 1 aromatic carbocycles. The SMILES string of the molecule is COCC1C=C(C)c2ccc(C)cc21. The van der Waals surface area contributed by atoms with E-state index in [4.69, 9.17) is 4.74 Å². The van der Waals surface area contributed by atoms with Gasteiger partial charge in [-0.1, -0.05) is 29.8 Å². The zero-order chi connectivity index (χ0) is 10.1. The molecule has 1 aromatic rings. The van der Waals surface area contributed by atoms with Gasteiger partial charge < -0.3 is 4.74 Å². The van der Waals surface area contributed by atoms with E-state index in [1.807, 2.05) is 0 Å². The van der Waals surface area contributed by atoms with Crippen molar-refractivity contribution in [1.29, 1.82) is 0 Å². The van der Waals surface area contributed by atoms with Gasteiger partial charge in [0.15, 0.2) is 0 Å². The van der Waals surface area contributed by atoms with Crippen molar-refractivity contribution in [3.8, 4) is 0 Å². The molecule has 0 heterocycles. The minimum absolute atomic E-state index is 0.454. The van der Waals surface area contributed by atoms with Crippen LogP contribution < -0.4 is 0 Å². The molecule has 1 atom stereocenters. The Bertz CT molecular complexity index is 377. The van der Waals surface area contributed by atoms with E-state index in [-0.39, 0.29) is 0 Å². The van der Waals surface area contributed by atoms with Crippen molar-refractivity contribution in [3.63, 3.8) is 0 Å². The second-order valence-electron chi connectivity index (χ2n) is 4.00. The van der Waals surface area contributed by atoms with E-state index in [0.29, 0.717) is 5.92 Å². The lowest BCUT2D eigenvalue weighted by molar-refractivity contribution is 0.192. The molecule has 0 amide bonds. The summed E-state index contributed by atoms with van der Waals surface area (Å²) in [5.41, 5.74) is 5.51. The number of allylic oxidation sites excluding steroid dienone is 1. The second-order valence-corrected chi connectivity index (χ2v) is 4.00. The summed E-state index contributed by atoms with van der Waals surface area (Å²) >= 11 is 0. The van der Waals surface area contributed by atoms with Crippen molar-refractivity contribution in [1.82, 2.24) is 0 Å². The molecule has 2 rings (SSSR count). The summed E-state index contributed by atoms with van der Waals surface area (Å²) in [5, 5.41) is 0. The first-order valence-electron chi connectivity index (χ1n) is 5.00. The third-order valence-corrected chi connectivity index (χ3v) is 2.83. The summed E-state index contributed by atoms with van der Waals surface area (Å²) in [7, 11) is 1.76. The molecule has 0 radical (unpaired) electrons. The van der Waals surface area contributed by atoms with Gasteiger partial charge in [0.2, 0.25) is 0 Å². The standard InChI is InChI=1S/C13H16O/c1-9-4-5-12-10(2)7-11(8-14-3)13(12)6-9/h4-7,11H,8H2,1-3H3. The number of rotatable bonds is 2. The van der Waals surface area contributed by atoms with Crippen LogP contribution in [-0.2, 0) is 4.74 Å². The summed E-state index contributed by atoms with van der Waals surface area (Å²) in [6, 6.07) is 6.66. The van der Waals surface area contributed by atoms with Crippen LogP contribution in [0.5, 0.6) is 0 Å². The third-order valence-electron chi connectivity index (χ3n) is 2.83. The minimum Gasteiger partial charge on any atom is -0.384 e. The molecule has 14 heavy (non-hydrogen) atoms. The van der Waals surface area contributed by atoms with E-state index in [0.717, 1.165) is 6.61 Å². The molecule has 0 bridgehead atoms. The van der Waals surface area contributed by atoms with Crippen LogP contribution in [0.15, 0.2) is 24.3 Å². The van der Waals surface area contributed by atoms with Gasteiger partial charge in [-0.15, -0.1) is 0 Å².